The first-order chi connectivity index (χ1) is 6.63. The van der Waals surface area contributed by atoms with Crippen LogP contribution in [0.25, 0.3) is 0 Å². The number of amides is 1. The van der Waals surface area contributed by atoms with Gasteiger partial charge in [0.2, 0.25) is 5.91 Å². The van der Waals surface area contributed by atoms with Crippen molar-refractivity contribution in [2.75, 3.05) is 7.05 Å². The summed E-state index contributed by atoms with van der Waals surface area (Å²) in [6, 6.07) is 0. The van der Waals surface area contributed by atoms with E-state index in [0.717, 1.165) is 5.57 Å². The number of thiocarbonyl (C=S) groups is 1. The lowest BCUT2D eigenvalue weighted by Crippen LogP contribution is -2.37. The summed E-state index contributed by atoms with van der Waals surface area (Å²) in [6.45, 7) is 7.13. The van der Waals surface area contributed by atoms with Gasteiger partial charge in [0.05, 0.1) is 6.42 Å². The Hall–Kier alpha value is -1.42. The molecule has 0 aromatic heterocycles. The largest absolute Gasteiger partial charge is 0.365 e. The first-order valence-electron chi connectivity index (χ1n) is 4.09. The minimum Gasteiger partial charge on any atom is -0.365 e. The maximum absolute atomic E-state index is 11.3. The molecule has 1 amide bonds. The number of nitrogens with one attached hydrogen (secondary N) is 2. The first-order valence-corrected chi connectivity index (χ1v) is 4.50. The Labute approximate surface area is 89.6 Å². The highest BCUT2D eigenvalue weighted by Crippen LogP contribution is 2.02. The van der Waals surface area contributed by atoms with Crippen molar-refractivity contribution in [3.63, 3.8) is 0 Å². The maximum atomic E-state index is 11.3. The van der Waals surface area contributed by atoms with Crippen LogP contribution in [-0.2, 0) is 4.79 Å². The van der Waals surface area contributed by atoms with Crippen LogP contribution in [0, 0.1) is 0 Å². The van der Waals surface area contributed by atoms with E-state index >= 15 is 0 Å². The van der Waals surface area contributed by atoms with Crippen molar-refractivity contribution in [3.8, 4) is 0 Å². The molecule has 0 atom stereocenters. The molecule has 0 saturated carbocycles. The Balaban J connectivity index is 4.16. The van der Waals surface area contributed by atoms with Crippen LogP contribution in [0.2, 0.25) is 0 Å². The highest BCUT2D eigenvalue weighted by Gasteiger charge is 2.03. The quantitative estimate of drug-likeness (QED) is 0.543. The normalized spacial score (nSPS) is 10.2. The zero-order chi connectivity index (χ0) is 11.0. The van der Waals surface area contributed by atoms with E-state index in [0.29, 0.717) is 5.11 Å². The number of carbonyl (C=O) groups excluding carboxylic acids is 1. The molecule has 0 aliphatic rings. The fourth-order valence-electron chi connectivity index (χ4n) is 0.769. The van der Waals surface area contributed by atoms with Crippen molar-refractivity contribution in [1.29, 1.82) is 0 Å². The number of hydrogen-bond donors (Lipinski definition) is 2. The van der Waals surface area contributed by atoms with Crippen LogP contribution >= 0.6 is 12.2 Å². The lowest BCUT2D eigenvalue weighted by atomic mass is 10.1. The molecule has 2 N–H and O–H groups in total. The van der Waals surface area contributed by atoms with Gasteiger partial charge in [0.25, 0.3) is 0 Å². The van der Waals surface area contributed by atoms with Gasteiger partial charge < -0.3 is 10.6 Å². The van der Waals surface area contributed by atoms with E-state index < -0.39 is 0 Å². The highest BCUT2D eigenvalue weighted by molar-refractivity contribution is 7.80. The SMILES string of the molecule is C=C/C=C(\C=C)CC(=O)NC(=S)NC. The predicted octanol–water partition coefficient (Wildman–Crippen LogP) is 1.30. The summed E-state index contributed by atoms with van der Waals surface area (Å²) < 4.78 is 0. The van der Waals surface area contributed by atoms with E-state index in [2.05, 4.69) is 23.8 Å². The molecule has 0 fully saturated rings. The third-order valence-electron chi connectivity index (χ3n) is 1.44. The lowest BCUT2D eigenvalue weighted by molar-refractivity contribution is -0.119. The van der Waals surface area contributed by atoms with E-state index in [9.17, 15) is 4.79 Å². The maximum Gasteiger partial charge on any atom is 0.230 e. The summed E-state index contributed by atoms with van der Waals surface area (Å²) in [4.78, 5) is 11.3. The fraction of sp³-hybridized carbons (Fsp3) is 0.200. The standard InChI is InChI=1S/C10H14N2OS/c1-4-6-8(5-2)7-9(13)12-10(14)11-3/h4-6H,1-2,7H2,3H3,(H2,11,12,13,14)/b8-6+. The van der Waals surface area contributed by atoms with Crippen molar-refractivity contribution < 1.29 is 4.79 Å². The van der Waals surface area contributed by atoms with Crippen LogP contribution in [0.15, 0.2) is 37.0 Å². The smallest absolute Gasteiger partial charge is 0.230 e. The van der Waals surface area contributed by atoms with Crippen LogP contribution in [0.4, 0.5) is 0 Å². The van der Waals surface area contributed by atoms with E-state index in [1.54, 1.807) is 25.3 Å². The third-order valence-corrected chi connectivity index (χ3v) is 1.74. The molecular formula is C10H14N2OS. The second kappa shape index (κ2) is 7.03. The Bertz CT molecular complexity index is 282. The van der Waals surface area contributed by atoms with Gasteiger partial charge in [-0.3, -0.25) is 4.79 Å². The topological polar surface area (TPSA) is 41.1 Å². The van der Waals surface area contributed by atoms with Crippen LogP contribution < -0.4 is 10.6 Å². The molecule has 0 rings (SSSR count). The Morgan fingerprint density at radius 1 is 1.50 bits per heavy atom. The Kier molecular flexibility index (Phi) is 6.32. The van der Waals surface area contributed by atoms with Gasteiger partial charge in [0, 0.05) is 7.05 Å². The number of rotatable bonds is 4. The molecule has 0 aliphatic heterocycles. The van der Waals surface area contributed by atoms with Gasteiger partial charge in [-0.25, -0.2) is 0 Å². The zero-order valence-electron chi connectivity index (χ0n) is 8.17. The van der Waals surface area contributed by atoms with Gasteiger partial charge in [0.1, 0.15) is 0 Å². The number of hydrogen-bond acceptors (Lipinski definition) is 2. The number of allylic oxidation sites excluding steroid dienone is 3. The minimum absolute atomic E-state index is 0.169. The van der Waals surface area contributed by atoms with Crippen molar-refractivity contribution >= 4 is 23.2 Å². The van der Waals surface area contributed by atoms with Crippen LogP contribution in [0.1, 0.15) is 6.42 Å². The molecule has 0 bridgehead atoms. The molecule has 0 aliphatic carbocycles. The summed E-state index contributed by atoms with van der Waals surface area (Å²) in [5, 5.41) is 5.48. The van der Waals surface area contributed by atoms with E-state index in [-0.39, 0.29) is 12.3 Å². The molecule has 0 heterocycles. The minimum atomic E-state index is -0.169. The molecule has 4 heteroatoms. The molecule has 0 aromatic carbocycles. The van der Waals surface area contributed by atoms with E-state index in [1.807, 2.05) is 0 Å². The van der Waals surface area contributed by atoms with Crippen LogP contribution in [0.5, 0.6) is 0 Å². The third kappa shape index (κ3) is 5.27. The molecule has 14 heavy (non-hydrogen) atoms. The summed E-state index contributed by atoms with van der Waals surface area (Å²) >= 11 is 4.78. The summed E-state index contributed by atoms with van der Waals surface area (Å²) in [5.74, 6) is -0.169. The van der Waals surface area contributed by atoms with Crippen molar-refractivity contribution in [3.05, 3.63) is 37.0 Å². The molecule has 0 spiro atoms. The van der Waals surface area contributed by atoms with Gasteiger partial charge in [0.15, 0.2) is 5.11 Å². The number of carbonyl (C=O) groups is 1. The van der Waals surface area contributed by atoms with E-state index in [1.165, 1.54) is 0 Å². The van der Waals surface area contributed by atoms with Crippen LogP contribution in [-0.4, -0.2) is 18.1 Å². The fourth-order valence-corrected chi connectivity index (χ4v) is 0.883. The van der Waals surface area contributed by atoms with Gasteiger partial charge in [-0.15, -0.1) is 0 Å². The molecular weight excluding hydrogens is 196 g/mol. The van der Waals surface area contributed by atoms with Crippen molar-refractivity contribution in [2.24, 2.45) is 0 Å². The summed E-state index contributed by atoms with van der Waals surface area (Å²) in [5.41, 5.74) is 0.802. The molecule has 0 aromatic rings. The average molecular weight is 210 g/mol. The second-order valence-electron chi connectivity index (χ2n) is 2.49. The second-order valence-corrected chi connectivity index (χ2v) is 2.89. The van der Waals surface area contributed by atoms with Gasteiger partial charge in [-0.2, -0.15) is 0 Å². The molecule has 0 radical (unpaired) electrons. The summed E-state index contributed by atoms with van der Waals surface area (Å²) in [7, 11) is 1.65. The highest BCUT2D eigenvalue weighted by atomic mass is 32.1. The Morgan fingerprint density at radius 2 is 2.14 bits per heavy atom. The summed E-state index contributed by atoms with van der Waals surface area (Å²) in [6.07, 6.45) is 5.21. The van der Waals surface area contributed by atoms with E-state index in [4.69, 9.17) is 12.2 Å². The van der Waals surface area contributed by atoms with Gasteiger partial charge in [-0.1, -0.05) is 31.4 Å². The molecule has 76 valence electrons. The zero-order valence-corrected chi connectivity index (χ0v) is 8.99. The predicted molar refractivity (Wildman–Crippen MR) is 62.9 cm³/mol. The van der Waals surface area contributed by atoms with Crippen LogP contribution in [0.3, 0.4) is 0 Å². The average Bonchev–Trinajstić information content (AvgIpc) is 2.16. The molecule has 0 unspecified atom stereocenters. The molecule has 3 nitrogen and oxygen atoms in total. The lowest BCUT2D eigenvalue weighted by Gasteiger charge is -2.05. The molecule has 0 saturated heterocycles. The monoisotopic (exact) mass is 210 g/mol. The first kappa shape index (κ1) is 12.6. The van der Waals surface area contributed by atoms with Crippen molar-refractivity contribution in [1.82, 2.24) is 10.6 Å². The Morgan fingerprint density at radius 3 is 2.57 bits per heavy atom. The van der Waals surface area contributed by atoms with Gasteiger partial charge in [-0.05, 0) is 17.8 Å². The van der Waals surface area contributed by atoms with Crippen molar-refractivity contribution in [2.45, 2.75) is 6.42 Å². The van der Waals surface area contributed by atoms with Gasteiger partial charge >= 0.3 is 0 Å².